The molecule has 3 heterocycles. The van der Waals surface area contributed by atoms with Crippen LogP contribution in [0.5, 0.6) is 0 Å². The van der Waals surface area contributed by atoms with E-state index in [4.69, 9.17) is 16.6 Å². The van der Waals surface area contributed by atoms with Crippen LogP contribution in [0.2, 0.25) is 5.02 Å². The number of para-hydroxylation sites is 1. The summed E-state index contributed by atoms with van der Waals surface area (Å²) in [4.78, 5) is 30.1. The lowest BCUT2D eigenvalue weighted by molar-refractivity contribution is -0.384. The quantitative estimate of drug-likeness (QED) is 0.220. The number of nitro groups is 1. The van der Waals surface area contributed by atoms with Crippen LogP contribution in [0.4, 0.5) is 10.7 Å². The average molecular weight is 527 g/mol. The second-order valence-electron chi connectivity index (χ2n) is 9.79. The Labute approximate surface area is 215 Å². The van der Waals surface area contributed by atoms with Gasteiger partial charge in [-0.15, -0.1) is 22.7 Å². The minimum Gasteiger partial charge on any atom is -0.313 e. The molecule has 0 atom stereocenters. The minimum absolute atomic E-state index is 0.0557. The van der Waals surface area contributed by atoms with Crippen molar-refractivity contribution in [1.82, 2.24) is 10.3 Å². The number of anilines is 1. The van der Waals surface area contributed by atoms with E-state index in [1.807, 2.05) is 24.3 Å². The molecule has 180 valence electrons. The van der Waals surface area contributed by atoms with E-state index in [1.165, 1.54) is 29.5 Å². The van der Waals surface area contributed by atoms with Gasteiger partial charge in [-0.1, -0.05) is 23.7 Å². The summed E-state index contributed by atoms with van der Waals surface area (Å²) >= 11 is 9.35. The van der Waals surface area contributed by atoms with Crippen molar-refractivity contribution in [3.05, 3.63) is 73.6 Å². The van der Waals surface area contributed by atoms with E-state index in [1.54, 1.807) is 11.3 Å². The van der Waals surface area contributed by atoms with Crippen molar-refractivity contribution in [2.45, 2.75) is 45.2 Å². The van der Waals surface area contributed by atoms with Crippen molar-refractivity contribution in [2.24, 2.45) is 0 Å². The zero-order chi connectivity index (χ0) is 25.1. The molecule has 2 aromatic carbocycles. The maximum Gasteiger partial charge on any atom is 0.270 e. The normalized spacial score (nSPS) is 16.1. The molecular weight excluding hydrogens is 504 g/mol. The van der Waals surface area contributed by atoms with Gasteiger partial charge in [0.2, 0.25) is 0 Å². The Morgan fingerprint density at radius 1 is 1.17 bits per heavy atom. The summed E-state index contributed by atoms with van der Waals surface area (Å²) in [5, 5.41) is 19.6. The smallest absolute Gasteiger partial charge is 0.270 e. The lowest BCUT2D eigenvalue weighted by Gasteiger charge is -2.42. The summed E-state index contributed by atoms with van der Waals surface area (Å²) in [6, 6.07) is 11.8. The highest BCUT2D eigenvalue weighted by molar-refractivity contribution is 7.23. The van der Waals surface area contributed by atoms with Crippen LogP contribution in [0.15, 0.2) is 42.5 Å². The van der Waals surface area contributed by atoms with Gasteiger partial charge in [-0.25, -0.2) is 4.98 Å². The monoisotopic (exact) mass is 526 g/mol. The molecule has 0 saturated carbocycles. The maximum absolute atomic E-state index is 13.3. The first-order valence-electron chi connectivity index (χ1n) is 11.0. The molecule has 0 saturated heterocycles. The van der Waals surface area contributed by atoms with Crippen molar-refractivity contribution < 1.29 is 9.72 Å². The van der Waals surface area contributed by atoms with Crippen LogP contribution in [-0.2, 0) is 12.0 Å². The Bertz CT molecular complexity index is 1470. The van der Waals surface area contributed by atoms with Gasteiger partial charge in [-0.3, -0.25) is 14.9 Å². The number of non-ortho nitro benzene ring substituents is 1. The molecule has 35 heavy (non-hydrogen) atoms. The Hall–Kier alpha value is -2.85. The van der Waals surface area contributed by atoms with E-state index >= 15 is 0 Å². The van der Waals surface area contributed by atoms with Gasteiger partial charge in [-0.2, -0.15) is 0 Å². The Morgan fingerprint density at radius 2 is 1.91 bits per heavy atom. The van der Waals surface area contributed by atoms with Crippen molar-refractivity contribution in [3.8, 4) is 10.6 Å². The summed E-state index contributed by atoms with van der Waals surface area (Å²) in [7, 11) is 0. The van der Waals surface area contributed by atoms with Crippen LogP contribution >= 0.6 is 34.3 Å². The molecule has 5 rings (SSSR count). The number of thiazole rings is 1. The Kier molecular flexibility index (Phi) is 5.71. The van der Waals surface area contributed by atoms with Crippen molar-refractivity contribution in [1.29, 1.82) is 0 Å². The first-order valence-corrected chi connectivity index (χ1v) is 13.0. The number of benzene rings is 2. The van der Waals surface area contributed by atoms with Gasteiger partial charge in [-0.05, 0) is 57.9 Å². The number of nitro benzene ring substituents is 1. The highest BCUT2D eigenvalue weighted by Gasteiger charge is 2.41. The molecule has 0 aliphatic carbocycles. The van der Waals surface area contributed by atoms with Crippen molar-refractivity contribution >= 4 is 61.1 Å². The summed E-state index contributed by atoms with van der Waals surface area (Å²) in [6.45, 7) is 8.60. The standard InChI is InChI=1S/C25H23ClN4O3S2/c1-24(2)12-15-19(22-27-17-7-5-6-8-18(17)34-22)23(35-20(15)25(3,4)29-24)28-21(31)14-11-13(30(32)33)9-10-16(14)26/h5-11,29H,12H2,1-4H3,(H,28,31). The topological polar surface area (TPSA) is 97.2 Å². The van der Waals surface area contributed by atoms with Gasteiger partial charge in [0.1, 0.15) is 10.0 Å². The molecule has 2 N–H and O–H groups in total. The molecule has 4 aromatic rings. The molecule has 0 fully saturated rings. The number of amides is 1. The van der Waals surface area contributed by atoms with Crippen molar-refractivity contribution in [2.75, 3.05) is 5.32 Å². The Morgan fingerprint density at radius 3 is 2.63 bits per heavy atom. The van der Waals surface area contributed by atoms with Gasteiger partial charge >= 0.3 is 0 Å². The first kappa shape index (κ1) is 23.9. The Balaban J connectivity index is 1.67. The van der Waals surface area contributed by atoms with E-state index in [0.717, 1.165) is 37.6 Å². The zero-order valence-electron chi connectivity index (χ0n) is 19.6. The SMILES string of the molecule is CC1(C)Cc2c(sc(NC(=O)c3cc([N+](=O)[O-])ccc3Cl)c2-c2nc3ccccc3s2)C(C)(C)N1. The number of halogens is 1. The number of rotatable bonds is 4. The average Bonchev–Trinajstić information content (AvgIpc) is 3.33. The molecule has 10 heteroatoms. The summed E-state index contributed by atoms with van der Waals surface area (Å²) in [5.41, 5.74) is 2.35. The van der Waals surface area contributed by atoms with Gasteiger partial charge in [0.15, 0.2) is 0 Å². The molecule has 2 aromatic heterocycles. The van der Waals surface area contributed by atoms with E-state index in [9.17, 15) is 14.9 Å². The summed E-state index contributed by atoms with van der Waals surface area (Å²) < 4.78 is 1.06. The molecule has 0 unspecified atom stereocenters. The van der Waals surface area contributed by atoms with Crippen LogP contribution in [0.3, 0.4) is 0 Å². The summed E-state index contributed by atoms with van der Waals surface area (Å²) in [6.07, 6.45) is 0.765. The lowest BCUT2D eigenvalue weighted by atomic mass is 9.81. The first-order chi connectivity index (χ1) is 16.4. The number of aromatic nitrogens is 1. The maximum atomic E-state index is 13.3. The number of carbonyl (C=O) groups is 1. The fraction of sp³-hybridized carbons (Fsp3) is 0.280. The second-order valence-corrected chi connectivity index (χ2v) is 12.2. The van der Waals surface area contributed by atoms with Gasteiger partial charge in [0, 0.05) is 33.7 Å². The number of nitrogens with one attached hydrogen (secondary N) is 2. The molecule has 1 amide bonds. The predicted molar refractivity (Wildman–Crippen MR) is 143 cm³/mol. The highest BCUT2D eigenvalue weighted by Crippen LogP contribution is 2.50. The molecule has 0 bridgehead atoms. The zero-order valence-corrected chi connectivity index (χ0v) is 22.0. The second kappa shape index (κ2) is 8.37. The molecular formula is C25H23ClN4O3S2. The van der Waals surface area contributed by atoms with E-state index in [0.29, 0.717) is 5.00 Å². The molecule has 1 aliphatic rings. The number of hydrogen-bond donors (Lipinski definition) is 2. The van der Waals surface area contributed by atoms with Gasteiger partial charge in [0.25, 0.3) is 11.6 Å². The van der Waals surface area contributed by atoms with Gasteiger partial charge in [0.05, 0.1) is 25.7 Å². The number of carbonyl (C=O) groups excluding carboxylic acids is 1. The lowest BCUT2D eigenvalue weighted by Crippen LogP contribution is -2.54. The van der Waals surface area contributed by atoms with E-state index in [-0.39, 0.29) is 27.4 Å². The van der Waals surface area contributed by atoms with Crippen LogP contribution in [0, 0.1) is 10.1 Å². The van der Waals surface area contributed by atoms with E-state index in [2.05, 4.69) is 38.3 Å². The molecule has 7 nitrogen and oxygen atoms in total. The third-order valence-corrected chi connectivity index (χ3v) is 8.84. The molecule has 0 radical (unpaired) electrons. The van der Waals surface area contributed by atoms with Crippen LogP contribution in [0.1, 0.15) is 48.5 Å². The third-order valence-electron chi connectivity index (χ3n) is 5.98. The van der Waals surface area contributed by atoms with Crippen LogP contribution in [0.25, 0.3) is 20.8 Å². The number of thiophene rings is 1. The fourth-order valence-electron chi connectivity index (χ4n) is 4.79. The highest BCUT2D eigenvalue weighted by atomic mass is 35.5. The van der Waals surface area contributed by atoms with Gasteiger partial charge < -0.3 is 10.6 Å². The van der Waals surface area contributed by atoms with Crippen molar-refractivity contribution in [3.63, 3.8) is 0 Å². The largest absolute Gasteiger partial charge is 0.313 e. The minimum atomic E-state index is -0.542. The number of hydrogen-bond acceptors (Lipinski definition) is 7. The van der Waals surface area contributed by atoms with Crippen LogP contribution in [-0.4, -0.2) is 21.4 Å². The fourth-order valence-corrected chi connectivity index (χ4v) is 7.38. The predicted octanol–water partition coefficient (Wildman–Crippen LogP) is 7.00. The van der Waals surface area contributed by atoms with Crippen LogP contribution < -0.4 is 10.6 Å². The number of fused-ring (bicyclic) bond motifs is 2. The third kappa shape index (κ3) is 4.33. The summed E-state index contributed by atoms with van der Waals surface area (Å²) in [5.74, 6) is -0.496. The number of nitrogens with zero attached hydrogens (tertiary/aromatic N) is 2. The van der Waals surface area contributed by atoms with E-state index < -0.39 is 10.8 Å². The molecule has 0 spiro atoms. The molecule has 1 aliphatic heterocycles.